The maximum absolute atomic E-state index is 10.9. The van der Waals surface area contributed by atoms with Gasteiger partial charge in [-0.05, 0) is 28.7 Å². The van der Waals surface area contributed by atoms with Crippen LogP contribution in [0, 0.1) is 16.0 Å². The van der Waals surface area contributed by atoms with E-state index in [0.717, 1.165) is 6.42 Å². The number of hydrogen-bond acceptors (Lipinski definition) is 7. The van der Waals surface area contributed by atoms with E-state index in [9.17, 15) is 14.9 Å². The van der Waals surface area contributed by atoms with Gasteiger partial charge in [0.1, 0.15) is 0 Å². The Labute approximate surface area is 118 Å². The van der Waals surface area contributed by atoms with Gasteiger partial charge < -0.3 is 10.0 Å². The lowest BCUT2D eigenvalue weighted by Crippen LogP contribution is -2.20. The summed E-state index contributed by atoms with van der Waals surface area (Å²) in [6, 6.07) is 2.97. The molecule has 0 saturated carbocycles. The SMILES string of the molecule is O=C(O)CC1CCN(c2ccc([N+](=O)[O-])c3nonc23)C1. The molecule has 9 nitrogen and oxygen atoms in total. The van der Waals surface area contributed by atoms with Crippen LogP contribution in [0.1, 0.15) is 12.8 Å². The fourth-order valence-electron chi connectivity index (χ4n) is 2.71. The van der Waals surface area contributed by atoms with Gasteiger partial charge in [-0.3, -0.25) is 14.9 Å². The molecular weight excluding hydrogens is 280 g/mol. The van der Waals surface area contributed by atoms with Crippen molar-refractivity contribution in [3.8, 4) is 0 Å². The molecule has 0 spiro atoms. The summed E-state index contributed by atoms with van der Waals surface area (Å²) in [6.07, 6.45) is 0.875. The molecule has 0 radical (unpaired) electrons. The number of rotatable bonds is 4. The molecule has 1 aliphatic heterocycles. The normalized spacial score (nSPS) is 18.3. The summed E-state index contributed by atoms with van der Waals surface area (Å²) < 4.78 is 4.62. The van der Waals surface area contributed by atoms with Gasteiger partial charge in [0, 0.05) is 25.6 Å². The second kappa shape index (κ2) is 5.00. The highest BCUT2D eigenvalue weighted by atomic mass is 16.6. The average molecular weight is 292 g/mol. The first kappa shape index (κ1) is 13.3. The molecule has 0 bridgehead atoms. The molecule has 1 unspecified atom stereocenters. The number of nitrogens with zero attached hydrogens (tertiary/aromatic N) is 4. The van der Waals surface area contributed by atoms with Gasteiger partial charge >= 0.3 is 11.7 Å². The fourth-order valence-corrected chi connectivity index (χ4v) is 2.71. The Balaban J connectivity index is 1.92. The van der Waals surface area contributed by atoms with Crippen LogP contribution in [0.3, 0.4) is 0 Å². The highest BCUT2D eigenvalue weighted by Crippen LogP contribution is 2.34. The summed E-state index contributed by atoms with van der Waals surface area (Å²) in [5, 5.41) is 27.1. The van der Waals surface area contributed by atoms with Crippen LogP contribution in [0.4, 0.5) is 11.4 Å². The number of nitro groups is 1. The number of fused-ring (bicyclic) bond motifs is 1. The maximum atomic E-state index is 10.9. The highest BCUT2D eigenvalue weighted by molar-refractivity contribution is 5.93. The van der Waals surface area contributed by atoms with E-state index >= 15 is 0 Å². The molecule has 1 aromatic heterocycles. The third kappa shape index (κ3) is 2.37. The Hall–Kier alpha value is -2.71. The van der Waals surface area contributed by atoms with E-state index in [0.29, 0.717) is 24.3 Å². The Morgan fingerprint density at radius 1 is 1.48 bits per heavy atom. The summed E-state index contributed by atoms with van der Waals surface area (Å²) in [6.45, 7) is 1.25. The van der Waals surface area contributed by atoms with Crippen LogP contribution >= 0.6 is 0 Å². The van der Waals surface area contributed by atoms with Gasteiger partial charge in [-0.25, -0.2) is 4.63 Å². The third-order valence-electron chi connectivity index (χ3n) is 3.66. The van der Waals surface area contributed by atoms with Crippen LogP contribution in [0.15, 0.2) is 16.8 Å². The first-order valence-corrected chi connectivity index (χ1v) is 6.42. The van der Waals surface area contributed by atoms with Crippen molar-refractivity contribution >= 4 is 28.4 Å². The monoisotopic (exact) mass is 292 g/mol. The molecule has 21 heavy (non-hydrogen) atoms. The first-order valence-electron chi connectivity index (χ1n) is 6.42. The molecule has 9 heteroatoms. The van der Waals surface area contributed by atoms with Gasteiger partial charge in [-0.15, -0.1) is 0 Å². The van der Waals surface area contributed by atoms with Gasteiger partial charge in [-0.2, -0.15) is 0 Å². The van der Waals surface area contributed by atoms with Crippen LogP contribution < -0.4 is 4.90 Å². The number of benzene rings is 1. The third-order valence-corrected chi connectivity index (χ3v) is 3.66. The predicted molar refractivity (Wildman–Crippen MR) is 71.0 cm³/mol. The molecule has 110 valence electrons. The number of hydrogen-bond donors (Lipinski definition) is 1. The van der Waals surface area contributed by atoms with Gasteiger partial charge in [0.2, 0.25) is 5.52 Å². The summed E-state index contributed by atoms with van der Waals surface area (Å²) in [5.74, 6) is -0.758. The molecule has 1 aliphatic rings. The molecule has 1 N–H and O–H groups in total. The van der Waals surface area contributed by atoms with Crippen LogP contribution in [0.25, 0.3) is 11.0 Å². The van der Waals surface area contributed by atoms with Crippen molar-refractivity contribution in [3.05, 3.63) is 22.2 Å². The molecule has 2 aromatic rings. The topological polar surface area (TPSA) is 123 Å². The number of aromatic nitrogens is 2. The van der Waals surface area contributed by atoms with E-state index < -0.39 is 10.9 Å². The molecule has 2 heterocycles. The second-order valence-electron chi connectivity index (χ2n) is 5.02. The minimum atomic E-state index is -0.821. The molecule has 0 amide bonds. The number of anilines is 1. The second-order valence-corrected chi connectivity index (χ2v) is 5.02. The van der Waals surface area contributed by atoms with Gasteiger partial charge in [0.05, 0.1) is 10.6 Å². The van der Waals surface area contributed by atoms with E-state index in [1.807, 2.05) is 4.90 Å². The van der Waals surface area contributed by atoms with E-state index in [1.54, 1.807) is 6.07 Å². The maximum Gasteiger partial charge on any atom is 0.303 e. The molecular formula is C12H12N4O5. The zero-order chi connectivity index (χ0) is 15.0. The van der Waals surface area contributed by atoms with Crippen molar-refractivity contribution in [1.29, 1.82) is 0 Å². The van der Waals surface area contributed by atoms with Gasteiger partial charge in [0.15, 0.2) is 5.52 Å². The summed E-state index contributed by atoms with van der Waals surface area (Å²) in [4.78, 5) is 23.1. The minimum absolute atomic E-state index is 0.0626. The lowest BCUT2D eigenvalue weighted by molar-refractivity contribution is -0.383. The smallest absolute Gasteiger partial charge is 0.303 e. The van der Waals surface area contributed by atoms with Crippen LogP contribution in [-0.4, -0.2) is 39.4 Å². The van der Waals surface area contributed by atoms with E-state index in [4.69, 9.17) is 5.11 Å². The number of nitro benzene ring substituents is 1. The Morgan fingerprint density at radius 3 is 2.95 bits per heavy atom. The molecule has 0 aliphatic carbocycles. The molecule has 1 fully saturated rings. The Bertz CT molecular complexity index is 713. The molecule has 1 atom stereocenters. The number of carbonyl (C=O) groups is 1. The van der Waals surface area contributed by atoms with Crippen molar-refractivity contribution in [2.75, 3.05) is 18.0 Å². The number of non-ortho nitro benzene ring substituents is 1. The van der Waals surface area contributed by atoms with Crippen molar-refractivity contribution < 1.29 is 19.5 Å². The first-order chi connectivity index (χ1) is 10.1. The molecule has 1 aromatic carbocycles. The predicted octanol–water partition coefficient (Wildman–Crippen LogP) is 1.43. The van der Waals surface area contributed by atoms with Crippen LogP contribution in [0.5, 0.6) is 0 Å². The zero-order valence-corrected chi connectivity index (χ0v) is 10.9. The Morgan fingerprint density at radius 2 is 2.24 bits per heavy atom. The van der Waals surface area contributed by atoms with Crippen LogP contribution in [-0.2, 0) is 4.79 Å². The quantitative estimate of drug-likeness (QED) is 0.663. The lowest BCUT2D eigenvalue weighted by atomic mass is 10.1. The standard InChI is InChI=1S/C12H12N4O5/c17-10(18)5-7-3-4-15(6-7)8-1-2-9(16(19)20)12-11(8)13-21-14-12/h1-2,7H,3-6H2,(H,17,18). The van der Waals surface area contributed by atoms with Gasteiger partial charge in [0.25, 0.3) is 0 Å². The van der Waals surface area contributed by atoms with Crippen molar-refractivity contribution in [3.63, 3.8) is 0 Å². The number of aliphatic carboxylic acids is 1. The van der Waals surface area contributed by atoms with E-state index in [2.05, 4.69) is 14.9 Å². The van der Waals surface area contributed by atoms with E-state index in [1.165, 1.54) is 6.07 Å². The number of carboxylic acids is 1. The molecule has 3 rings (SSSR count). The van der Waals surface area contributed by atoms with Crippen LogP contribution in [0.2, 0.25) is 0 Å². The average Bonchev–Trinajstić information content (AvgIpc) is 3.05. The minimum Gasteiger partial charge on any atom is -0.481 e. The largest absolute Gasteiger partial charge is 0.481 e. The fraction of sp³-hybridized carbons (Fsp3) is 0.417. The van der Waals surface area contributed by atoms with E-state index in [-0.39, 0.29) is 23.5 Å². The zero-order valence-electron chi connectivity index (χ0n) is 10.9. The van der Waals surface area contributed by atoms with Crippen molar-refractivity contribution in [1.82, 2.24) is 10.3 Å². The van der Waals surface area contributed by atoms with Crippen molar-refractivity contribution in [2.24, 2.45) is 5.92 Å². The summed E-state index contributed by atoms with van der Waals surface area (Å²) in [7, 11) is 0. The molecule has 1 saturated heterocycles. The lowest BCUT2D eigenvalue weighted by Gasteiger charge is -2.18. The number of carboxylic acid groups (broad SMARTS) is 1. The highest BCUT2D eigenvalue weighted by Gasteiger charge is 2.28. The van der Waals surface area contributed by atoms with Gasteiger partial charge in [-0.1, -0.05) is 0 Å². The summed E-state index contributed by atoms with van der Waals surface area (Å²) >= 11 is 0. The Kier molecular flexibility index (Phi) is 3.16. The van der Waals surface area contributed by atoms with Crippen molar-refractivity contribution in [2.45, 2.75) is 12.8 Å². The summed E-state index contributed by atoms with van der Waals surface area (Å²) in [5.41, 5.74) is 0.973.